The van der Waals surface area contributed by atoms with E-state index in [0.29, 0.717) is 23.6 Å². The lowest BCUT2D eigenvalue weighted by Crippen LogP contribution is -2.52. The van der Waals surface area contributed by atoms with Gasteiger partial charge in [-0.25, -0.2) is 4.79 Å². The third kappa shape index (κ3) is 5.08. The molecule has 1 atom stereocenters. The van der Waals surface area contributed by atoms with Gasteiger partial charge >= 0.3 is 6.09 Å². The summed E-state index contributed by atoms with van der Waals surface area (Å²) in [6.07, 6.45) is 5.71. The fourth-order valence-corrected chi connectivity index (χ4v) is 6.76. The molecule has 4 amide bonds. The molecule has 0 saturated carbocycles. The van der Waals surface area contributed by atoms with Crippen LogP contribution in [-0.2, 0) is 32.9 Å². The van der Waals surface area contributed by atoms with Crippen LogP contribution in [0.1, 0.15) is 72.0 Å². The average Bonchev–Trinajstić information content (AvgIpc) is 3.27. The number of hydrogen-bond donors (Lipinski definition) is 2. The summed E-state index contributed by atoms with van der Waals surface area (Å²) in [6.45, 7) is 3.10. The van der Waals surface area contributed by atoms with E-state index in [1.165, 1.54) is 0 Å². The summed E-state index contributed by atoms with van der Waals surface area (Å²) in [5.41, 5.74) is 3.96. The van der Waals surface area contributed by atoms with Crippen molar-refractivity contribution in [2.45, 2.75) is 69.6 Å². The van der Waals surface area contributed by atoms with Crippen molar-refractivity contribution in [2.24, 2.45) is 0 Å². The van der Waals surface area contributed by atoms with Crippen molar-refractivity contribution in [3.05, 3.63) is 63.7 Å². The summed E-state index contributed by atoms with van der Waals surface area (Å²) in [4.78, 5) is 53.2. The highest BCUT2D eigenvalue weighted by Gasteiger charge is 2.44. The van der Waals surface area contributed by atoms with Crippen LogP contribution in [0, 0.1) is 0 Å². The second-order valence-electron chi connectivity index (χ2n) is 11.2. The van der Waals surface area contributed by atoms with Crippen LogP contribution < -0.4 is 10.6 Å². The Morgan fingerprint density at radius 1 is 1.00 bits per heavy atom. The molecular weight excluding hydrogens is 532 g/mol. The molecule has 4 aliphatic heterocycles. The minimum absolute atomic E-state index is 0.126. The van der Waals surface area contributed by atoms with Gasteiger partial charge in [-0.2, -0.15) is 0 Å². The number of nitrogens with one attached hydrogen (secondary N) is 2. The van der Waals surface area contributed by atoms with Crippen LogP contribution in [0.15, 0.2) is 36.4 Å². The maximum absolute atomic E-state index is 13.1. The van der Waals surface area contributed by atoms with Crippen LogP contribution >= 0.6 is 11.6 Å². The molecule has 0 radical (unpaired) electrons. The summed E-state index contributed by atoms with van der Waals surface area (Å²) in [5, 5.41) is 5.79. The number of carbonyl (C=O) groups excluding carboxylic acids is 4. The van der Waals surface area contributed by atoms with Crippen molar-refractivity contribution in [3.63, 3.8) is 0 Å². The fraction of sp³-hybridized carbons (Fsp3) is 0.467. The van der Waals surface area contributed by atoms with E-state index >= 15 is 0 Å². The van der Waals surface area contributed by atoms with Crippen LogP contribution in [0.4, 0.5) is 10.5 Å². The quantitative estimate of drug-likeness (QED) is 0.382. The summed E-state index contributed by atoms with van der Waals surface area (Å²) < 4.78 is 5.84. The molecule has 0 aromatic heterocycles. The lowest BCUT2D eigenvalue weighted by Gasteiger charge is -2.44. The van der Waals surface area contributed by atoms with E-state index < -0.39 is 17.7 Å². The molecule has 210 valence electrons. The smallest absolute Gasteiger partial charge is 0.412 e. The molecule has 40 heavy (non-hydrogen) atoms. The van der Waals surface area contributed by atoms with Gasteiger partial charge < -0.3 is 14.5 Å². The van der Waals surface area contributed by atoms with E-state index in [-0.39, 0.29) is 24.1 Å². The Balaban J connectivity index is 0.988. The maximum Gasteiger partial charge on any atom is 0.412 e. The molecule has 1 spiro atoms. The Labute approximate surface area is 238 Å². The Morgan fingerprint density at radius 3 is 2.62 bits per heavy atom. The number of imide groups is 1. The summed E-state index contributed by atoms with van der Waals surface area (Å²) >= 11 is 6.25. The van der Waals surface area contributed by atoms with Crippen molar-refractivity contribution in [1.29, 1.82) is 0 Å². The van der Waals surface area contributed by atoms with Gasteiger partial charge in [-0.1, -0.05) is 30.2 Å². The number of nitrogens with zero attached hydrogens (tertiary/aromatic N) is 2. The van der Waals surface area contributed by atoms with Crippen LogP contribution in [0.25, 0.3) is 0 Å². The van der Waals surface area contributed by atoms with Gasteiger partial charge in [0.25, 0.3) is 5.91 Å². The van der Waals surface area contributed by atoms with Gasteiger partial charge in [-0.05, 0) is 67.6 Å². The SMILES string of the molecule is O=C1CCC(N2Cc3c(CCCCCN4CCC5(CC4)OC(=O)Nc4ccc(Cl)cc45)cccc3C2=O)C(=O)N1. The van der Waals surface area contributed by atoms with Crippen molar-refractivity contribution in [3.8, 4) is 0 Å². The minimum Gasteiger partial charge on any atom is -0.438 e. The molecule has 0 bridgehead atoms. The second-order valence-corrected chi connectivity index (χ2v) is 11.6. The highest BCUT2D eigenvalue weighted by Crippen LogP contribution is 2.44. The lowest BCUT2D eigenvalue weighted by atomic mass is 9.82. The molecule has 1 unspecified atom stereocenters. The van der Waals surface area contributed by atoms with Gasteiger partial charge in [-0.15, -0.1) is 0 Å². The number of anilines is 1. The van der Waals surface area contributed by atoms with Crippen molar-refractivity contribution < 1.29 is 23.9 Å². The van der Waals surface area contributed by atoms with Gasteiger partial charge in [0.2, 0.25) is 11.8 Å². The molecular formula is C30H33ClN4O5. The monoisotopic (exact) mass is 564 g/mol. The number of rotatable bonds is 7. The summed E-state index contributed by atoms with van der Waals surface area (Å²) in [7, 11) is 0. The number of fused-ring (bicyclic) bond motifs is 3. The zero-order valence-corrected chi connectivity index (χ0v) is 23.1. The predicted molar refractivity (Wildman–Crippen MR) is 149 cm³/mol. The molecule has 2 N–H and O–H groups in total. The normalized spacial score (nSPS) is 22.0. The zero-order valence-electron chi connectivity index (χ0n) is 22.3. The first-order valence-corrected chi connectivity index (χ1v) is 14.5. The number of halogens is 1. The first-order chi connectivity index (χ1) is 19.3. The van der Waals surface area contributed by atoms with Crippen LogP contribution in [-0.4, -0.2) is 59.3 Å². The average molecular weight is 565 g/mol. The standard InChI is InChI=1S/C30H33ClN4O5/c31-20-8-9-24-23(17-20)30(40-29(39)32-24)12-15-34(16-13-30)14-3-1-2-5-19-6-4-7-21-22(19)18-35(28(21)38)25-10-11-26(36)33-27(25)37/h4,6-9,17,25H,1-3,5,10-16,18H2,(H,32,39)(H,33,36,37). The molecule has 6 rings (SSSR count). The Morgan fingerprint density at radius 2 is 1.82 bits per heavy atom. The third-order valence-electron chi connectivity index (χ3n) is 8.76. The number of piperidine rings is 2. The largest absolute Gasteiger partial charge is 0.438 e. The zero-order chi connectivity index (χ0) is 27.9. The van der Waals surface area contributed by atoms with Crippen LogP contribution in [0.5, 0.6) is 0 Å². The Bertz CT molecular complexity index is 1370. The van der Waals surface area contributed by atoms with E-state index in [1.807, 2.05) is 24.3 Å². The highest BCUT2D eigenvalue weighted by atomic mass is 35.5. The van der Waals surface area contributed by atoms with E-state index in [1.54, 1.807) is 11.0 Å². The number of ether oxygens (including phenoxy) is 1. The molecule has 2 saturated heterocycles. The molecule has 4 heterocycles. The number of amides is 4. The number of aryl methyl sites for hydroxylation is 1. The molecule has 4 aliphatic rings. The van der Waals surface area contributed by atoms with Crippen LogP contribution in [0.3, 0.4) is 0 Å². The van der Waals surface area contributed by atoms with E-state index in [0.717, 1.165) is 80.5 Å². The molecule has 10 heteroatoms. The van der Waals surface area contributed by atoms with Gasteiger partial charge in [0.05, 0.1) is 5.69 Å². The molecule has 9 nitrogen and oxygen atoms in total. The fourth-order valence-electron chi connectivity index (χ4n) is 6.59. The lowest BCUT2D eigenvalue weighted by molar-refractivity contribution is -0.136. The van der Waals surface area contributed by atoms with Gasteiger partial charge in [0.15, 0.2) is 0 Å². The Hall–Kier alpha value is -3.43. The summed E-state index contributed by atoms with van der Waals surface area (Å²) in [6, 6.07) is 10.8. The number of hydrogen-bond acceptors (Lipinski definition) is 6. The van der Waals surface area contributed by atoms with Gasteiger partial charge in [0.1, 0.15) is 11.6 Å². The first-order valence-electron chi connectivity index (χ1n) is 14.1. The molecule has 2 aromatic rings. The number of benzene rings is 2. The Kier molecular flexibility index (Phi) is 7.27. The number of likely N-dealkylation sites (tertiary alicyclic amines) is 1. The number of carbonyl (C=O) groups is 4. The van der Waals surface area contributed by atoms with E-state index in [9.17, 15) is 19.2 Å². The van der Waals surface area contributed by atoms with Crippen molar-refractivity contribution in [1.82, 2.24) is 15.1 Å². The topological polar surface area (TPSA) is 108 Å². The highest BCUT2D eigenvalue weighted by molar-refractivity contribution is 6.30. The maximum atomic E-state index is 13.1. The van der Waals surface area contributed by atoms with Crippen LogP contribution in [0.2, 0.25) is 5.02 Å². The minimum atomic E-state index is -0.619. The van der Waals surface area contributed by atoms with E-state index in [2.05, 4.69) is 21.6 Å². The second kappa shape index (κ2) is 10.9. The number of unbranched alkanes of at least 4 members (excludes halogenated alkanes) is 2. The van der Waals surface area contributed by atoms with Crippen molar-refractivity contribution in [2.75, 3.05) is 25.0 Å². The molecule has 0 aliphatic carbocycles. The molecule has 2 fully saturated rings. The first kappa shape index (κ1) is 26.8. The summed E-state index contributed by atoms with van der Waals surface area (Å²) in [5.74, 6) is -0.785. The predicted octanol–water partition coefficient (Wildman–Crippen LogP) is 4.37. The third-order valence-corrected chi connectivity index (χ3v) is 9.00. The van der Waals surface area contributed by atoms with Gasteiger partial charge in [-0.3, -0.25) is 25.0 Å². The van der Waals surface area contributed by atoms with E-state index in [4.69, 9.17) is 16.3 Å². The van der Waals surface area contributed by atoms with Gasteiger partial charge in [0, 0.05) is 55.0 Å². The van der Waals surface area contributed by atoms with Crippen molar-refractivity contribution >= 4 is 41.1 Å². The molecule has 2 aromatic carbocycles.